The van der Waals surface area contributed by atoms with Crippen LogP contribution in [0.5, 0.6) is 5.88 Å². The average Bonchev–Trinajstić information content (AvgIpc) is 3.04. The van der Waals surface area contributed by atoms with Crippen molar-refractivity contribution in [3.63, 3.8) is 0 Å². The van der Waals surface area contributed by atoms with Gasteiger partial charge >= 0.3 is 0 Å². The molecule has 2 aromatic heterocycles. The van der Waals surface area contributed by atoms with Crippen molar-refractivity contribution in [1.82, 2.24) is 9.97 Å². The summed E-state index contributed by atoms with van der Waals surface area (Å²) in [5.41, 5.74) is 0. The normalized spacial score (nSPS) is 14.9. The Morgan fingerprint density at radius 3 is 3.00 bits per heavy atom. The van der Waals surface area contributed by atoms with Crippen molar-refractivity contribution in [1.29, 1.82) is 0 Å². The first-order valence-electron chi connectivity index (χ1n) is 5.51. The van der Waals surface area contributed by atoms with Crippen LogP contribution in [0.2, 0.25) is 0 Å². The Bertz CT molecular complexity index is 511. The molecule has 2 aromatic rings. The van der Waals surface area contributed by atoms with Crippen LogP contribution >= 0.6 is 27.3 Å². The lowest BCUT2D eigenvalue weighted by Gasteiger charge is -2.05. The van der Waals surface area contributed by atoms with Crippen molar-refractivity contribution in [3.8, 4) is 5.88 Å². The molecular weight excluding hydrogens is 300 g/mol. The first-order valence-corrected chi connectivity index (χ1v) is 7.18. The standard InChI is InChI=1S/C12H11BrN2OS/c13-10-6-11(15-12(14-10)8-3-4-8)16-7-9-2-1-5-17-9/h1-2,5-6,8H,3-4,7H2. The highest BCUT2D eigenvalue weighted by Crippen LogP contribution is 2.39. The van der Waals surface area contributed by atoms with Gasteiger partial charge in [-0.2, -0.15) is 4.98 Å². The lowest BCUT2D eigenvalue weighted by molar-refractivity contribution is 0.295. The van der Waals surface area contributed by atoms with Crippen LogP contribution < -0.4 is 4.74 Å². The molecule has 5 heteroatoms. The van der Waals surface area contributed by atoms with Gasteiger partial charge in [-0.25, -0.2) is 4.98 Å². The molecule has 88 valence electrons. The fraction of sp³-hybridized carbons (Fsp3) is 0.333. The van der Waals surface area contributed by atoms with Gasteiger partial charge in [-0.05, 0) is 40.2 Å². The van der Waals surface area contributed by atoms with Crippen LogP contribution in [0, 0.1) is 0 Å². The monoisotopic (exact) mass is 310 g/mol. The third-order valence-corrected chi connectivity index (χ3v) is 3.83. The SMILES string of the molecule is Brc1cc(OCc2cccs2)nc(C2CC2)n1. The number of thiophene rings is 1. The number of ether oxygens (including phenoxy) is 1. The molecule has 3 nitrogen and oxygen atoms in total. The molecule has 0 atom stereocenters. The third-order valence-electron chi connectivity index (χ3n) is 2.57. The van der Waals surface area contributed by atoms with E-state index in [1.54, 1.807) is 11.3 Å². The molecule has 0 bridgehead atoms. The average molecular weight is 311 g/mol. The minimum atomic E-state index is 0.539. The van der Waals surface area contributed by atoms with E-state index in [9.17, 15) is 0 Å². The zero-order valence-electron chi connectivity index (χ0n) is 9.10. The van der Waals surface area contributed by atoms with Gasteiger partial charge in [-0.1, -0.05) is 6.07 Å². The van der Waals surface area contributed by atoms with Gasteiger partial charge in [-0.3, -0.25) is 0 Å². The lowest BCUT2D eigenvalue weighted by Crippen LogP contribution is -2.00. The second-order valence-electron chi connectivity index (χ2n) is 4.03. The number of hydrogen-bond donors (Lipinski definition) is 0. The fourth-order valence-corrected chi connectivity index (χ4v) is 2.55. The van der Waals surface area contributed by atoms with Gasteiger partial charge in [0.05, 0.1) is 0 Å². The minimum absolute atomic E-state index is 0.539. The topological polar surface area (TPSA) is 35.0 Å². The van der Waals surface area contributed by atoms with Crippen molar-refractivity contribution in [2.45, 2.75) is 25.4 Å². The van der Waals surface area contributed by atoms with Crippen LogP contribution in [-0.2, 0) is 6.61 Å². The van der Waals surface area contributed by atoms with Gasteiger partial charge in [0.15, 0.2) is 0 Å². The highest BCUT2D eigenvalue weighted by atomic mass is 79.9. The molecule has 1 aliphatic rings. The third kappa shape index (κ3) is 2.84. The molecule has 1 fully saturated rings. The summed E-state index contributed by atoms with van der Waals surface area (Å²) in [7, 11) is 0. The van der Waals surface area contributed by atoms with Crippen LogP contribution in [-0.4, -0.2) is 9.97 Å². The molecular formula is C12H11BrN2OS. The van der Waals surface area contributed by atoms with Crippen molar-refractivity contribution < 1.29 is 4.74 Å². The maximum atomic E-state index is 5.68. The van der Waals surface area contributed by atoms with Crippen molar-refractivity contribution in [2.75, 3.05) is 0 Å². The van der Waals surface area contributed by atoms with Crippen LogP contribution in [0.4, 0.5) is 0 Å². The first-order chi connectivity index (χ1) is 8.31. The maximum Gasteiger partial charge on any atom is 0.218 e. The summed E-state index contributed by atoms with van der Waals surface area (Å²) in [6, 6.07) is 5.90. The molecule has 2 heterocycles. The molecule has 1 saturated carbocycles. The first kappa shape index (κ1) is 11.2. The predicted molar refractivity (Wildman–Crippen MR) is 70.4 cm³/mol. The van der Waals surface area contributed by atoms with Gasteiger partial charge in [0.2, 0.25) is 5.88 Å². The number of nitrogens with zero attached hydrogens (tertiary/aromatic N) is 2. The van der Waals surface area contributed by atoms with E-state index in [2.05, 4.69) is 32.0 Å². The van der Waals surface area contributed by atoms with Crippen molar-refractivity contribution in [3.05, 3.63) is 38.9 Å². The lowest BCUT2D eigenvalue weighted by atomic mass is 10.4. The van der Waals surface area contributed by atoms with Gasteiger partial charge in [0.1, 0.15) is 17.0 Å². The highest BCUT2D eigenvalue weighted by molar-refractivity contribution is 9.10. The number of aromatic nitrogens is 2. The molecule has 0 aromatic carbocycles. The Kier molecular flexibility index (Phi) is 3.11. The molecule has 0 saturated heterocycles. The van der Waals surface area contributed by atoms with E-state index in [-0.39, 0.29) is 0 Å². The Hall–Kier alpha value is -0.940. The Morgan fingerprint density at radius 1 is 1.41 bits per heavy atom. The molecule has 17 heavy (non-hydrogen) atoms. The second-order valence-corrected chi connectivity index (χ2v) is 5.87. The van der Waals surface area contributed by atoms with E-state index in [4.69, 9.17) is 4.74 Å². The summed E-state index contributed by atoms with van der Waals surface area (Å²) in [6.45, 7) is 0.575. The van der Waals surface area contributed by atoms with Crippen molar-refractivity contribution >= 4 is 27.3 Å². The fourth-order valence-electron chi connectivity index (χ4n) is 1.55. The van der Waals surface area contributed by atoms with E-state index >= 15 is 0 Å². The van der Waals surface area contributed by atoms with E-state index in [0.29, 0.717) is 18.4 Å². The Labute approximate surface area is 112 Å². The maximum absolute atomic E-state index is 5.68. The summed E-state index contributed by atoms with van der Waals surface area (Å²) in [4.78, 5) is 10.0. The minimum Gasteiger partial charge on any atom is -0.472 e. The van der Waals surface area contributed by atoms with Crippen LogP contribution in [0.3, 0.4) is 0 Å². The zero-order chi connectivity index (χ0) is 11.7. The van der Waals surface area contributed by atoms with E-state index < -0.39 is 0 Å². The predicted octanol–water partition coefficient (Wildman–Crippen LogP) is 3.76. The number of rotatable bonds is 4. The number of hydrogen-bond acceptors (Lipinski definition) is 4. The molecule has 0 radical (unpaired) electrons. The Balaban J connectivity index is 1.73. The van der Waals surface area contributed by atoms with Gasteiger partial charge < -0.3 is 4.74 Å². The summed E-state index contributed by atoms with van der Waals surface area (Å²) < 4.78 is 6.48. The largest absolute Gasteiger partial charge is 0.472 e. The number of halogens is 1. The van der Waals surface area contributed by atoms with Gasteiger partial charge in [0.25, 0.3) is 0 Å². The van der Waals surface area contributed by atoms with E-state index in [1.807, 2.05) is 17.5 Å². The van der Waals surface area contributed by atoms with Gasteiger partial charge in [-0.15, -0.1) is 11.3 Å². The molecule has 0 N–H and O–H groups in total. The summed E-state index contributed by atoms with van der Waals surface area (Å²) >= 11 is 5.09. The van der Waals surface area contributed by atoms with Gasteiger partial charge in [0, 0.05) is 16.9 Å². The van der Waals surface area contributed by atoms with E-state index in [1.165, 1.54) is 17.7 Å². The molecule has 0 unspecified atom stereocenters. The zero-order valence-corrected chi connectivity index (χ0v) is 11.5. The smallest absolute Gasteiger partial charge is 0.218 e. The summed E-state index contributed by atoms with van der Waals surface area (Å²) in [5.74, 6) is 2.10. The quantitative estimate of drug-likeness (QED) is 0.807. The van der Waals surface area contributed by atoms with E-state index in [0.717, 1.165) is 10.4 Å². The van der Waals surface area contributed by atoms with Crippen LogP contribution in [0.1, 0.15) is 29.5 Å². The molecule has 0 amide bonds. The van der Waals surface area contributed by atoms with Crippen LogP contribution in [0.25, 0.3) is 0 Å². The molecule has 0 spiro atoms. The highest BCUT2D eigenvalue weighted by Gasteiger charge is 2.27. The second kappa shape index (κ2) is 4.74. The van der Waals surface area contributed by atoms with Crippen LogP contribution in [0.15, 0.2) is 28.2 Å². The Morgan fingerprint density at radius 2 is 2.29 bits per heavy atom. The molecule has 1 aliphatic carbocycles. The summed E-state index contributed by atoms with van der Waals surface area (Å²) in [5, 5.41) is 2.05. The molecule has 3 rings (SSSR count). The summed E-state index contributed by atoms with van der Waals surface area (Å²) in [6.07, 6.45) is 2.39. The van der Waals surface area contributed by atoms with Crippen molar-refractivity contribution in [2.24, 2.45) is 0 Å². The molecule has 0 aliphatic heterocycles.